The normalized spacial score (nSPS) is 30.0. The molecule has 0 aromatic carbocycles. The molecular weight excluding hydrogens is 260 g/mol. The molecule has 1 N–H and O–H groups in total. The van der Waals surface area contributed by atoms with E-state index in [1.54, 1.807) is 0 Å². The summed E-state index contributed by atoms with van der Waals surface area (Å²) in [7, 11) is 0. The Labute approximate surface area is 129 Å². The molecule has 0 spiro atoms. The Morgan fingerprint density at radius 2 is 1.81 bits per heavy atom. The van der Waals surface area contributed by atoms with Gasteiger partial charge in [0.15, 0.2) is 0 Å². The van der Waals surface area contributed by atoms with Crippen LogP contribution in [0, 0.1) is 23.7 Å². The predicted molar refractivity (Wildman–Crippen MR) is 85.7 cm³/mol. The van der Waals surface area contributed by atoms with Crippen LogP contribution in [0.3, 0.4) is 0 Å². The first-order valence-electron chi connectivity index (χ1n) is 9.16. The highest BCUT2D eigenvalue weighted by molar-refractivity contribution is 5.84. The quantitative estimate of drug-likeness (QED) is 0.743. The molecule has 0 aromatic heterocycles. The van der Waals surface area contributed by atoms with Gasteiger partial charge in [0.25, 0.3) is 0 Å². The zero-order valence-corrected chi connectivity index (χ0v) is 14.0. The van der Waals surface area contributed by atoms with E-state index in [2.05, 4.69) is 31.0 Å². The van der Waals surface area contributed by atoms with Crippen LogP contribution in [0.2, 0.25) is 0 Å². The molecule has 3 aliphatic rings. The second-order valence-electron chi connectivity index (χ2n) is 7.98. The molecular formula is C18H32N2O. The maximum atomic E-state index is 12.8. The summed E-state index contributed by atoms with van der Waals surface area (Å²) in [6.07, 6.45) is 9.08. The van der Waals surface area contributed by atoms with Gasteiger partial charge in [0.1, 0.15) is 0 Å². The number of carbonyl (C=O) groups excluding carboxylic acids is 1. The lowest BCUT2D eigenvalue weighted by Crippen LogP contribution is -2.42. The van der Waals surface area contributed by atoms with Crippen LogP contribution in [0.1, 0.15) is 65.7 Å². The van der Waals surface area contributed by atoms with Gasteiger partial charge in [0.05, 0.1) is 12.2 Å². The van der Waals surface area contributed by atoms with E-state index in [0.717, 1.165) is 43.6 Å². The summed E-state index contributed by atoms with van der Waals surface area (Å²) >= 11 is 0. The summed E-state index contributed by atoms with van der Waals surface area (Å²) in [5.74, 6) is 3.67. The number of nitrogens with one attached hydrogen (secondary N) is 1. The fraction of sp³-hybridized carbons (Fsp3) is 0.944. The Kier molecular flexibility index (Phi) is 4.58. The number of hydrogen-bond donors (Lipinski definition) is 1. The van der Waals surface area contributed by atoms with E-state index in [1.165, 1.54) is 25.7 Å². The Hall–Kier alpha value is -0.570. The number of carbonyl (C=O) groups is 1. The van der Waals surface area contributed by atoms with Crippen molar-refractivity contribution >= 4 is 5.91 Å². The van der Waals surface area contributed by atoms with Crippen LogP contribution in [0.25, 0.3) is 0 Å². The molecule has 2 atom stereocenters. The number of hydrogen-bond acceptors (Lipinski definition) is 2. The van der Waals surface area contributed by atoms with E-state index in [4.69, 9.17) is 0 Å². The first-order chi connectivity index (χ1) is 10.1. The van der Waals surface area contributed by atoms with Gasteiger partial charge in [-0.1, -0.05) is 27.2 Å². The molecule has 2 aliphatic carbocycles. The SMILES string of the molecule is CCCC1NC(CC(C)C)N(CC(C2CC2)C2CC2)C1=O. The number of rotatable bonds is 8. The van der Waals surface area contributed by atoms with Crippen molar-refractivity contribution < 1.29 is 4.79 Å². The maximum absolute atomic E-state index is 12.8. The van der Waals surface area contributed by atoms with Gasteiger partial charge in [0.2, 0.25) is 5.91 Å². The second-order valence-corrected chi connectivity index (χ2v) is 7.98. The predicted octanol–water partition coefficient (Wildman–Crippen LogP) is 3.40. The largest absolute Gasteiger partial charge is 0.325 e. The molecule has 3 fully saturated rings. The Morgan fingerprint density at radius 1 is 1.19 bits per heavy atom. The van der Waals surface area contributed by atoms with Gasteiger partial charge in [-0.2, -0.15) is 0 Å². The van der Waals surface area contributed by atoms with Gasteiger partial charge in [-0.05, 0) is 62.2 Å². The monoisotopic (exact) mass is 292 g/mol. The zero-order valence-electron chi connectivity index (χ0n) is 14.0. The fourth-order valence-corrected chi connectivity index (χ4v) is 4.06. The summed E-state index contributed by atoms with van der Waals surface area (Å²) in [5.41, 5.74) is 0. The summed E-state index contributed by atoms with van der Waals surface area (Å²) in [4.78, 5) is 15.0. The molecule has 21 heavy (non-hydrogen) atoms. The molecule has 3 nitrogen and oxygen atoms in total. The molecule has 0 bridgehead atoms. The number of amides is 1. The van der Waals surface area contributed by atoms with Crippen LogP contribution in [-0.4, -0.2) is 29.6 Å². The van der Waals surface area contributed by atoms with Crippen molar-refractivity contribution in [2.45, 2.75) is 77.9 Å². The average molecular weight is 292 g/mol. The molecule has 0 aromatic rings. The molecule has 1 saturated heterocycles. The van der Waals surface area contributed by atoms with Gasteiger partial charge >= 0.3 is 0 Å². The van der Waals surface area contributed by atoms with E-state index >= 15 is 0 Å². The molecule has 1 amide bonds. The third kappa shape index (κ3) is 3.61. The van der Waals surface area contributed by atoms with Crippen LogP contribution in [-0.2, 0) is 4.79 Å². The smallest absolute Gasteiger partial charge is 0.241 e. The molecule has 0 radical (unpaired) electrons. The van der Waals surface area contributed by atoms with Gasteiger partial charge in [-0.3, -0.25) is 10.1 Å². The average Bonchev–Trinajstić information content (AvgIpc) is 3.31. The lowest BCUT2D eigenvalue weighted by Gasteiger charge is -2.30. The minimum atomic E-state index is 0.0813. The highest BCUT2D eigenvalue weighted by Gasteiger charge is 2.46. The molecule has 1 heterocycles. The second kappa shape index (κ2) is 6.28. The van der Waals surface area contributed by atoms with Crippen LogP contribution in [0.5, 0.6) is 0 Å². The molecule has 2 saturated carbocycles. The molecule has 2 unspecified atom stereocenters. The Morgan fingerprint density at radius 3 is 2.29 bits per heavy atom. The van der Waals surface area contributed by atoms with Crippen molar-refractivity contribution in [3.8, 4) is 0 Å². The summed E-state index contributed by atoms with van der Waals surface area (Å²) in [5, 5.41) is 3.62. The zero-order chi connectivity index (χ0) is 15.0. The van der Waals surface area contributed by atoms with E-state index in [0.29, 0.717) is 11.8 Å². The van der Waals surface area contributed by atoms with Crippen LogP contribution in [0.4, 0.5) is 0 Å². The van der Waals surface area contributed by atoms with Gasteiger partial charge in [-0.15, -0.1) is 0 Å². The van der Waals surface area contributed by atoms with E-state index in [1.807, 2.05) is 0 Å². The van der Waals surface area contributed by atoms with E-state index < -0.39 is 0 Å². The maximum Gasteiger partial charge on any atom is 0.241 e. The first kappa shape index (κ1) is 15.3. The fourth-order valence-electron chi connectivity index (χ4n) is 4.06. The van der Waals surface area contributed by atoms with Crippen molar-refractivity contribution in [3.63, 3.8) is 0 Å². The van der Waals surface area contributed by atoms with E-state index in [9.17, 15) is 4.79 Å². The van der Waals surface area contributed by atoms with Crippen LogP contribution in [0.15, 0.2) is 0 Å². The molecule has 3 rings (SSSR count). The minimum Gasteiger partial charge on any atom is -0.325 e. The van der Waals surface area contributed by atoms with Crippen molar-refractivity contribution in [1.82, 2.24) is 10.2 Å². The highest BCUT2D eigenvalue weighted by atomic mass is 16.2. The van der Waals surface area contributed by atoms with Crippen molar-refractivity contribution in [1.29, 1.82) is 0 Å². The minimum absolute atomic E-state index is 0.0813. The standard InChI is InChI=1S/C18H32N2O/c1-4-5-16-18(21)20(17(19-16)10-12(2)3)11-15(13-6-7-13)14-8-9-14/h12-17,19H,4-11H2,1-3H3. The lowest BCUT2D eigenvalue weighted by molar-refractivity contribution is -0.131. The van der Waals surface area contributed by atoms with Crippen molar-refractivity contribution in [3.05, 3.63) is 0 Å². The van der Waals surface area contributed by atoms with E-state index in [-0.39, 0.29) is 12.2 Å². The van der Waals surface area contributed by atoms with Gasteiger partial charge < -0.3 is 4.90 Å². The van der Waals surface area contributed by atoms with Crippen molar-refractivity contribution in [2.24, 2.45) is 23.7 Å². The van der Waals surface area contributed by atoms with Crippen LogP contribution < -0.4 is 5.32 Å². The first-order valence-corrected chi connectivity index (χ1v) is 9.16. The summed E-state index contributed by atoms with van der Waals surface area (Å²) < 4.78 is 0. The third-order valence-corrected chi connectivity index (χ3v) is 5.49. The van der Waals surface area contributed by atoms with Crippen LogP contribution >= 0.6 is 0 Å². The van der Waals surface area contributed by atoms with Gasteiger partial charge in [0, 0.05) is 6.54 Å². The highest BCUT2D eigenvalue weighted by Crippen LogP contribution is 2.49. The molecule has 120 valence electrons. The number of nitrogens with zero attached hydrogens (tertiary/aromatic N) is 1. The van der Waals surface area contributed by atoms with Gasteiger partial charge in [-0.25, -0.2) is 0 Å². The third-order valence-electron chi connectivity index (χ3n) is 5.49. The lowest BCUT2D eigenvalue weighted by atomic mass is 9.96. The topological polar surface area (TPSA) is 32.3 Å². The Bertz CT molecular complexity index is 361. The summed E-state index contributed by atoms with van der Waals surface area (Å²) in [6.45, 7) is 7.72. The Balaban J connectivity index is 1.67. The summed E-state index contributed by atoms with van der Waals surface area (Å²) in [6, 6.07) is 0.0813. The molecule has 1 aliphatic heterocycles. The molecule has 3 heteroatoms. The van der Waals surface area contributed by atoms with Crippen molar-refractivity contribution in [2.75, 3.05) is 6.54 Å².